The van der Waals surface area contributed by atoms with Crippen molar-refractivity contribution in [2.45, 2.75) is 25.8 Å². The zero-order valence-corrected chi connectivity index (χ0v) is 11.2. The SMILES string of the molecule is CCCN1CCC(CN)C1c1occc1Br. The zero-order valence-electron chi connectivity index (χ0n) is 9.66. The minimum atomic E-state index is 0.356. The number of likely N-dealkylation sites (tertiary alicyclic amines) is 1. The minimum Gasteiger partial charge on any atom is -0.466 e. The van der Waals surface area contributed by atoms with Gasteiger partial charge in [-0.2, -0.15) is 0 Å². The number of hydrogen-bond donors (Lipinski definition) is 1. The second-order valence-corrected chi connectivity index (χ2v) is 5.25. The lowest BCUT2D eigenvalue weighted by molar-refractivity contribution is 0.200. The van der Waals surface area contributed by atoms with Crippen molar-refractivity contribution in [1.29, 1.82) is 0 Å². The first-order chi connectivity index (χ1) is 7.77. The minimum absolute atomic E-state index is 0.356. The van der Waals surface area contributed by atoms with E-state index >= 15 is 0 Å². The predicted molar refractivity (Wildman–Crippen MR) is 68.2 cm³/mol. The van der Waals surface area contributed by atoms with Crippen LogP contribution in [0.5, 0.6) is 0 Å². The molecule has 2 rings (SSSR count). The summed E-state index contributed by atoms with van der Waals surface area (Å²) in [6, 6.07) is 2.32. The van der Waals surface area contributed by atoms with Crippen LogP contribution in [-0.4, -0.2) is 24.5 Å². The van der Waals surface area contributed by atoms with Gasteiger partial charge < -0.3 is 10.2 Å². The smallest absolute Gasteiger partial charge is 0.135 e. The highest BCUT2D eigenvalue weighted by Gasteiger charge is 2.36. The van der Waals surface area contributed by atoms with Crippen molar-refractivity contribution in [2.24, 2.45) is 11.7 Å². The monoisotopic (exact) mass is 286 g/mol. The highest BCUT2D eigenvalue weighted by molar-refractivity contribution is 9.10. The van der Waals surface area contributed by atoms with Gasteiger partial charge in [0.2, 0.25) is 0 Å². The molecule has 1 aliphatic heterocycles. The lowest BCUT2D eigenvalue weighted by Gasteiger charge is -2.26. The van der Waals surface area contributed by atoms with Gasteiger partial charge in [0.1, 0.15) is 5.76 Å². The van der Waals surface area contributed by atoms with Crippen LogP contribution in [0, 0.1) is 5.92 Å². The Morgan fingerprint density at radius 1 is 1.62 bits per heavy atom. The number of halogens is 1. The molecule has 1 fully saturated rings. The first-order valence-electron chi connectivity index (χ1n) is 5.95. The highest BCUT2D eigenvalue weighted by atomic mass is 79.9. The maximum atomic E-state index is 5.86. The average molecular weight is 287 g/mol. The number of nitrogens with two attached hydrogens (primary N) is 1. The molecule has 2 N–H and O–H groups in total. The quantitative estimate of drug-likeness (QED) is 0.926. The van der Waals surface area contributed by atoms with E-state index in [9.17, 15) is 0 Å². The molecule has 4 heteroatoms. The molecule has 0 amide bonds. The van der Waals surface area contributed by atoms with Crippen molar-refractivity contribution in [3.05, 3.63) is 22.6 Å². The van der Waals surface area contributed by atoms with Crippen molar-refractivity contribution in [3.8, 4) is 0 Å². The summed E-state index contributed by atoms with van der Waals surface area (Å²) in [7, 11) is 0. The van der Waals surface area contributed by atoms with Crippen LogP contribution in [0.1, 0.15) is 31.6 Å². The van der Waals surface area contributed by atoms with E-state index in [0.717, 1.165) is 29.9 Å². The highest BCUT2D eigenvalue weighted by Crippen LogP contribution is 2.40. The van der Waals surface area contributed by atoms with Crippen LogP contribution >= 0.6 is 15.9 Å². The molecule has 1 aromatic heterocycles. The summed E-state index contributed by atoms with van der Waals surface area (Å²) in [5.74, 6) is 1.57. The fourth-order valence-electron chi connectivity index (χ4n) is 2.61. The molecule has 2 unspecified atom stereocenters. The molecule has 1 aromatic rings. The van der Waals surface area contributed by atoms with Crippen molar-refractivity contribution in [2.75, 3.05) is 19.6 Å². The molecule has 0 aliphatic carbocycles. The van der Waals surface area contributed by atoms with Crippen LogP contribution in [-0.2, 0) is 0 Å². The molecule has 16 heavy (non-hydrogen) atoms. The predicted octanol–water partition coefficient (Wildman–Crippen LogP) is 2.77. The molecule has 1 saturated heterocycles. The number of rotatable bonds is 4. The van der Waals surface area contributed by atoms with Crippen LogP contribution in [0.15, 0.2) is 21.2 Å². The second kappa shape index (κ2) is 5.34. The van der Waals surface area contributed by atoms with Crippen LogP contribution in [0.25, 0.3) is 0 Å². The molecule has 0 bridgehead atoms. The third-order valence-corrected chi connectivity index (χ3v) is 4.01. The van der Waals surface area contributed by atoms with Crippen molar-refractivity contribution < 1.29 is 4.42 Å². The lowest BCUT2D eigenvalue weighted by Crippen LogP contribution is -2.28. The summed E-state index contributed by atoms with van der Waals surface area (Å²) in [5, 5.41) is 0. The summed E-state index contributed by atoms with van der Waals surface area (Å²) < 4.78 is 6.68. The van der Waals surface area contributed by atoms with Crippen LogP contribution < -0.4 is 5.73 Å². The largest absolute Gasteiger partial charge is 0.466 e. The Morgan fingerprint density at radius 2 is 2.44 bits per heavy atom. The third-order valence-electron chi connectivity index (χ3n) is 3.35. The van der Waals surface area contributed by atoms with Crippen LogP contribution in [0.2, 0.25) is 0 Å². The molecule has 0 radical (unpaired) electrons. The van der Waals surface area contributed by atoms with E-state index in [2.05, 4.69) is 27.8 Å². The van der Waals surface area contributed by atoms with Crippen molar-refractivity contribution >= 4 is 15.9 Å². The standard InChI is InChI=1S/C12H19BrN2O/c1-2-5-15-6-3-9(8-14)11(15)12-10(13)4-7-16-12/h4,7,9,11H,2-3,5-6,8,14H2,1H3. The average Bonchev–Trinajstić information content (AvgIpc) is 2.85. The summed E-state index contributed by atoms with van der Waals surface area (Å²) in [5.41, 5.74) is 5.86. The number of furan rings is 1. The normalized spacial score (nSPS) is 26.4. The Balaban J connectivity index is 2.22. The molecule has 90 valence electrons. The zero-order chi connectivity index (χ0) is 11.5. The van der Waals surface area contributed by atoms with Gasteiger partial charge in [-0.15, -0.1) is 0 Å². The molecule has 0 aromatic carbocycles. The fourth-order valence-corrected chi connectivity index (χ4v) is 3.04. The molecule has 2 heterocycles. The summed E-state index contributed by atoms with van der Waals surface area (Å²) >= 11 is 3.55. The Labute approximate surface area is 105 Å². The van der Waals surface area contributed by atoms with E-state index in [4.69, 9.17) is 10.2 Å². The van der Waals surface area contributed by atoms with E-state index in [0.29, 0.717) is 12.0 Å². The van der Waals surface area contributed by atoms with Crippen LogP contribution in [0.3, 0.4) is 0 Å². The van der Waals surface area contributed by atoms with E-state index in [-0.39, 0.29) is 0 Å². The van der Waals surface area contributed by atoms with E-state index in [1.807, 2.05) is 6.07 Å². The Morgan fingerprint density at radius 3 is 3.00 bits per heavy atom. The van der Waals surface area contributed by atoms with Gasteiger partial charge in [0.05, 0.1) is 16.8 Å². The van der Waals surface area contributed by atoms with Gasteiger partial charge in [0.25, 0.3) is 0 Å². The van der Waals surface area contributed by atoms with Crippen LogP contribution in [0.4, 0.5) is 0 Å². The number of nitrogens with zero attached hydrogens (tertiary/aromatic N) is 1. The Bertz CT molecular complexity index is 340. The van der Waals surface area contributed by atoms with Gasteiger partial charge in [0, 0.05) is 0 Å². The summed E-state index contributed by atoms with van der Waals surface area (Å²) in [6.45, 7) is 5.20. The first-order valence-corrected chi connectivity index (χ1v) is 6.74. The maximum Gasteiger partial charge on any atom is 0.135 e. The van der Waals surface area contributed by atoms with Gasteiger partial charge in [-0.1, -0.05) is 6.92 Å². The summed E-state index contributed by atoms with van der Waals surface area (Å²) in [6.07, 6.45) is 4.09. The van der Waals surface area contributed by atoms with Gasteiger partial charge in [0.15, 0.2) is 0 Å². The van der Waals surface area contributed by atoms with Gasteiger partial charge in [-0.25, -0.2) is 0 Å². The second-order valence-electron chi connectivity index (χ2n) is 4.40. The van der Waals surface area contributed by atoms with E-state index in [1.165, 1.54) is 12.8 Å². The summed E-state index contributed by atoms with van der Waals surface area (Å²) in [4.78, 5) is 2.49. The van der Waals surface area contributed by atoms with Crippen molar-refractivity contribution in [3.63, 3.8) is 0 Å². The third kappa shape index (κ3) is 2.19. The Hall–Kier alpha value is -0.320. The maximum absolute atomic E-state index is 5.86. The fraction of sp³-hybridized carbons (Fsp3) is 0.667. The van der Waals surface area contributed by atoms with E-state index in [1.54, 1.807) is 6.26 Å². The topological polar surface area (TPSA) is 42.4 Å². The molecule has 1 aliphatic rings. The van der Waals surface area contributed by atoms with E-state index < -0.39 is 0 Å². The lowest BCUT2D eigenvalue weighted by atomic mass is 9.98. The van der Waals surface area contributed by atoms with Gasteiger partial charge in [-0.3, -0.25) is 4.90 Å². The number of hydrogen-bond acceptors (Lipinski definition) is 3. The van der Waals surface area contributed by atoms with Gasteiger partial charge >= 0.3 is 0 Å². The molecular weight excluding hydrogens is 268 g/mol. The molecule has 0 saturated carbocycles. The van der Waals surface area contributed by atoms with Crippen molar-refractivity contribution in [1.82, 2.24) is 4.90 Å². The molecule has 0 spiro atoms. The van der Waals surface area contributed by atoms with Gasteiger partial charge in [-0.05, 0) is 60.4 Å². The molecule has 2 atom stereocenters. The first kappa shape index (κ1) is 12.1. The molecular formula is C12H19BrN2O. The molecule has 3 nitrogen and oxygen atoms in total. The Kier molecular flexibility index (Phi) is 4.05.